The van der Waals surface area contributed by atoms with Crippen LogP contribution in [-0.4, -0.2) is 4.57 Å². The van der Waals surface area contributed by atoms with Gasteiger partial charge in [0.25, 0.3) is 0 Å². The minimum atomic E-state index is 1.12. The monoisotopic (exact) mass is 586 g/mol. The molecule has 1 aromatic heterocycles. The zero-order chi connectivity index (χ0) is 30.5. The molecular weight excluding hydrogens is 556 g/mol. The van der Waals surface area contributed by atoms with Crippen molar-refractivity contribution in [1.29, 1.82) is 0 Å². The second-order valence-electron chi connectivity index (χ2n) is 11.8. The molecule has 0 amide bonds. The van der Waals surface area contributed by atoms with Gasteiger partial charge in [0, 0.05) is 33.1 Å². The Morgan fingerprint density at radius 1 is 0.370 bits per heavy atom. The highest BCUT2D eigenvalue weighted by molar-refractivity contribution is 6.10. The number of anilines is 3. The first-order valence-corrected chi connectivity index (χ1v) is 15.8. The summed E-state index contributed by atoms with van der Waals surface area (Å²) in [5, 5.41) is 7.35. The van der Waals surface area contributed by atoms with Crippen molar-refractivity contribution in [3.05, 3.63) is 182 Å². The fraction of sp³-hybridized carbons (Fsp3) is 0. The molecule has 46 heavy (non-hydrogen) atoms. The summed E-state index contributed by atoms with van der Waals surface area (Å²) in [6, 6.07) is 65.8. The molecule has 0 bridgehead atoms. The molecule has 1 heterocycles. The average Bonchev–Trinajstić information content (AvgIpc) is 3.47. The Labute approximate surface area is 268 Å². The lowest BCUT2D eigenvalue weighted by molar-refractivity contribution is 1.18. The normalized spacial score (nSPS) is 11.5. The lowest BCUT2D eigenvalue weighted by atomic mass is 9.99. The number of benzene rings is 8. The molecular formula is C44H30N2. The van der Waals surface area contributed by atoms with E-state index in [1.54, 1.807) is 0 Å². The van der Waals surface area contributed by atoms with Gasteiger partial charge in [-0.1, -0.05) is 140 Å². The van der Waals surface area contributed by atoms with Crippen LogP contribution in [-0.2, 0) is 0 Å². The standard InChI is InChI=1S/C44H30N2/c1-2-15-32(16-3-1)37-19-8-11-23-41(37)45(35-27-26-31-14-4-5-17-33(31)28-35)44-30-36(29-34-18-6-7-20-38(34)44)46-42-24-12-9-21-39(42)40-22-10-13-25-43(40)46/h1-30H. The smallest absolute Gasteiger partial charge is 0.0561 e. The van der Waals surface area contributed by atoms with Gasteiger partial charge < -0.3 is 9.47 Å². The van der Waals surface area contributed by atoms with Crippen LogP contribution in [0.1, 0.15) is 0 Å². The molecule has 0 aliphatic carbocycles. The fourth-order valence-electron chi connectivity index (χ4n) is 7.04. The minimum absolute atomic E-state index is 1.12. The van der Waals surface area contributed by atoms with Crippen molar-refractivity contribution >= 4 is 60.4 Å². The second kappa shape index (κ2) is 10.8. The van der Waals surface area contributed by atoms with E-state index in [4.69, 9.17) is 0 Å². The van der Waals surface area contributed by atoms with Crippen molar-refractivity contribution < 1.29 is 0 Å². The number of hydrogen-bond donors (Lipinski definition) is 0. The van der Waals surface area contributed by atoms with Crippen LogP contribution in [0.15, 0.2) is 182 Å². The number of rotatable bonds is 5. The third-order valence-corrected chi connectivity index (χ3v) is 9.12. The molecule has 2 heteroatoms. The zero-order valence-corrected chi connectivity index (χ0v) is 25.2. The average molecular weight is 587 g/mol. The third-order valence-electron chi connectivity index (χ3n) is 9.12. The van der Waals surface area contributed by atoms with E-state index < -0.39 is 0 Å². The molecule has 0 N–H and O–H groups in total. The van der Waals surface area contributed by atoms with E-state index in [-0.39, 0.29) is 0 Å². The minimum Gasteiger partial charge on any atom is -0.309 e. The van der Waals surface area contributed by atoms with Crippen LogP contribution >= 0.6 is 0 Å². The molecule has 0 atom stereocenters. The van der Waals surface area contributed by atoms with E-state index in [0.29, 0.717) is 0 Å². The fourth-order valence-corrected chi connectivity index (χ4v) is 7.04. The van der Waals surface area contributed by atoms with Gasteiger partial charge in [-0.25, -0.2) is 0 Å². The molecule has 0 aliphatic heterocycles. The second-order valence-corrected chi connectivity index (χ2v) is 11.8. The summed E-state index contributed by atoms with van der Waals surface area (Å²) in [7, 11) is 0. The van der Waals surface area contributed by atoms with Crippen LogP contribution in [0.2, 0.25) is 0 Å². The number of fused-ring (bicyclic) bond motifs is 5. The molecule has 0 saturated heterocycles. The molecule has 9 aromatic rings. The Bertz CT molecular complexity index is 2490. The van der Waals surface area contributed by atoms with Crippen molar-refractivity contribution in [2.24, 2.45) is 0 Å². The summed E-state index contributed by atoms with van der Waals surface area (Å²) in [6.45, 7) is 0. The quantitative estimate of drug-likeness (QED) is 0.195. The maximum absolute atomic E-state index is 2.45. The van der Waals surface area contributed by atoms with E-state index in [9.17, 15) is 0 Å². The van der Waals surface area contributed by atoms with Crippen molar-refractivity contribution in [3.63, 3.8) is 0 Å². The first-order valence-electron chi connectivity index (χ1n) is 15.8. The van der Waals surface area contributed by atoms with Crippen LogP contribution in [0, 0.1) is 0 Å². The Hall–Kier alpha value is -6.12. The summed E-state index contributed by atoms with van der Waals surface area (Å²) < 4.78 is 2.42. The van der Waals surface area contributed by atoms with Crippen molar-refractivity contribution in [2.75, 3.05) is 4.90 Å². The Morgan fingerprint density at radius 2 is 0.957 bits per heavy atom. The predicted octanol–water partition coefficient (Wildman–Crippen LogP) is 12.2. The van der Waals surface area contributed by atoms with Gasteiger partial charge in [-0.15, -0.1) is 0 Å². The number of nitrogens with zero attached hydrogens (tertiary/aromatic N) is 2. The van der Waals surface area contributed by atoms with Gasteiger partial charge in [0.15, 0.2) is 0 Å². The summed E-state index contributed by atoms with van der Waals surface area (Å²) in [6.07, 6.45) is 0. The van der Waals surface area contributed by atoms with Crippen LogP contribution < -0.4 is 4.90 Å². The summed E-state index contributed by atoms with van der Waals surface area (Å²) in [5.74, 6) is 0. The van der Waals surface area contributed by atoms with Gasteiger partial charge in [-0.05, 0) is 64.2 Å². The summed E-state index contributed by atoms with van der Waals surface area (Å²) >= 11 is 0. The van der Waals surface area contributed by atoms with Crippen molar-refractivity contribution in [2.45, 2.75) is 0 Å². The van der Waals surface area contributed by atoms with Crippen LogP contribution in [0.5, 0.6) is 0 Å². The number of para-hydroxylation sites is 3. The number of hydrogen-bond acceptors (Lipinski definition) is 1. The Balaban J connectivity index is 1.39. The van der Waals surface area contributed by atoms with Gasteiger partial charge in [0.05, 0.1) is 22.4 Å². The molecule has 9 rings (SSSR count). The van der Waals surface area contributed by atoms with Gasteiger partial charge in [-0.2, -0.15) is 0 Å². The van der Waals surface area contributed by atoms with Gasteiger partial charge >= 0.3 is 0 Å². The molecule has 0 aliphatic rings. The van der Waals surface area contributed by atoms with Gasteiger partial charge in [-0.3, -0.25) is 0 Å². The van der Waals surface area contributed by atoms with E-state index >= 15 is 0 Å². The zero-order valence-electron chi connectivity index (χ0n) is 25.2. The molecule has 2 nitrogen and oxygen atoms in total. The van der Waals surface area contributed by atoms with Gasteiger partial charge in [0.2, 0.25) is 0 Å². The van der Waals surface area contributed by atoms with Crippen LogP contribution in [0.25, 0.3) is 60.2 Å². The molecule has 216 valence electrons. The highest BCUT2D eigenvalue weighted by Gasteiger charge is 2.21. The SMILES string of the molecule is c1ccc(-c2ccccc2N(c2ccc3ccccc3c2)c2cc(-n3c4ccccc4c4ccccc43)cc3ccccc23)cc1. The highest BCUT2D eigenvalue weighted by Crippen LogP contribution is 2.45. The first kappa shape index (κ1) is 26.3. The highest BCUT2D eigenvalue weighted by atomic mass is 15.1. The topological polar surface area (TPSA) is 8.17 Å². The van der Waals surface area contributed by atoms with Crippen molar-refractivity contribution in [1.82, 2.24) is 4.57 Å². The molecule has 0 radical (unpaired) electrons. The summed E-state index contributed by atoms with van der Waals surface area (Å²) in [4.78, 5) is 2.45. The van der Waals surface area contributed by atoms with Crippen LogP contribution in [0.3, 0.4) is 0 Å². The number of aromatic nitrogens is 1. The maximum atomic E-state index is 2.45. The maximum Gasteiger partial charge on any atom is 0.0561 e. The van der Waals surface area contributed by atoms with E-state index in [2.05, 4.69) is 191 Å². The third kappa shape index (κ3) is 4.27. The summed E-state index contributed by atoms with van der Waals surface area (Å²) in [5.41, 5.74) is 9.29. The van der Waals surface area contributed by atoms with E-state index in [0.717, 1.165) is 22.7 Å². The molecule has 0 saturated carbocycles. The first-order chi connectivity index (χ1) is 22.8. The molecule has 0 unspecified atom stereocenters. The predicted molar refractivity (Wildman–Crippen MR) is 196 cm³/mol. The molecule has 0 spiro atoms. The lowest BCUT2D eigenvalue weighted by Gasteiger charge is -2.30. The Morgan fingerprint density at radius 3 is 1.72 bits per heavy atom. The lowest BCUT2D eigenvalue weighted by Crippen LogP contribution is -2.12. The van der Waals surface area contributed by atoms with Gasteiger partial charge in [0.1, 0.15) is 0 Å². The molecule has 0 fully saturated rings. The van der Waals surface area contributed by atoms with E-state index in [1.807, 2.05) is 0 Å². The largest absolute Gasteiger partial charge is 0.309 e. The van der Waals surface area contributed by atoms with Crippen molar-refractivity contribution in [3.8, 4) is 16.8 Å². The van der Waals surface area contributed by atoms with Crippen LogP contribution in [0.4, 0.5) is 17.1 Å². The molecule has 8 aromatic carbocycles. The Kier molecular flexibility index (Phi) is 6.17. The van der Waals surface area contributed by atoms with E-state index in [1.165, 1.54) is 54.5 Å².